The Morgan fingerprint density at radius 1 is 1.47 bits per heavy atom. The fourth-order valence-electron chi connectivity index (χ4n) is 1.89. The molecule has 0 bridgehead atoms. The number of nitrogens with zero attached hydrogens (tertiary/aromatic N) is 2. The second-order valence-electron chi connectivity index (χ2n) is 4.08. The summed E-state index contributed by atoms with van der Waals surface area (Å²) >= 11 is 5.91. The van der Waals surface area contributed by atoms with E-state index in [1.165, 1.54) is 18.2 Å². The molecule has 1 aliphatic rings. The topological polar surface area (TPSA) is 78.2 Å². The van der Waals surface area contributed by atoms with Gasteiger partial charge in [-0.25, -0.2) is 0 Å². The molecular formula is C11H8ClFN2O3S. The SMILES string of the molecule is N#Cc1ccc(Cl)c(N2CC(S(=O)(=O)F)CC2=O)c1. The maximum absolute atomic E-state index is 12.9. The maximum Gasteiger partial charge on any atom is 0.307 e. The zero-order chi connectivity index (χ0) is 14.2. The fourth-order valence-corrected chi connectivity index (χ4v) is 2.77. The van der Waals surface area contributed by atoms with Crippen molar-refractivity contribution in [3.63, 3.8) is 0 Å². The highest BCUT2D eigenvalue weighted by Gasteiger charge is 2.39. The van der Waals surface area contributed by atoms with Crippen molar-refractivity contribution in [3.05, 3.63) is 28.8 Å². The van der Waals surface area contributed by atoms with Crippen LogP contribution in [0.25, 0.3) is 0 Å². The van der Waals surface area contributed by atoms with Crippen LogP contribution < -0.4 is 4.90 Å². The number of carbonyl (C=O) groups excluding carboxylic acids is 1. The third-order valence-electron chi connectivity index (χ3n) is 2.85. The molecule has 19 heavy (non-hydrogen) atoms. The van der Waals surface area contributed by atoms with E-state index in [9.17, 15) is 17.1 Å². The first-order valence-electron chi connectivity index (χ1n) is 5.26. The van der Waals surface area contributed by atoms with Gasteiger partial charge in [0.1, 0.15) is 5.25 Å². The van der Waals surface area contributed by atoms with E-state index in [0.717, 1.165) is 4.90 Å². The Hall–Kier alpha value is -1.65. The van der Waals surface area contributed by atoms with E-state index >= 15 is 0 Å². The zero-order valence-corrected chi connectivity index (χ0v) is 11.1. The number of halogens is 2. The van der Waals surface area contributed by atoms with E-state index in [-0.39, 0.29) is 22.8 Å². The number of hydrogen-bond acceptors (Lipinski definition) is 4. The van der Waals surface area contributed by atoms with Crippen molar-refractivity contribution < 1.29 is 17.1 Å². The van der Waals surface area contributed by atoms with Gasteiger partial charge in [0, 0.05) is 13.0 Å². The Labute approximate surface area is 114 Å². The average Bonchev–Trinajstić information content (AvgIpc) is 2.72. The van der Waals surface area contributed by atoms with Crippen molar-refractivity contribution in [2.75, 3.05) is 11.4 Å². The second kappa shape index (κ2) is 4.79. The van der Waals surface area contributed by atoms with E-state index in [0.29, 0.717) is 0 Å². The Bertz CT molecular complexity index is 684. The number of anilines is 1. The molecule has 2 rings (SSSR count). The van der Waals surface area contributed by atoms with E-state index < -0.39 is 27.8 Å². The van der Waals surface area contributed by atoms with Gasteiger partial charge < -0.3 is 4.90 Å². The third-order valence-corrected chi connectivity index (χ3v) is 4.29. The van der Waals surface area contributed by atoms with E-state index in [2.05, 4.69) is 0 Å². The molecule has 0 radical (unpaired) electrons. The molecule has 1 aromatic rings. The molecule has 1 atom stereocenters. The molecule has 1 unspecified atom stereocenters. The van der Waals surface area contributed by atoms with E-state index in [4.69, 9.17) is 16.9 Å². The predicted molar refractivity (Wildman–Crippen MR) is 67.0 cm³/mol. The van der Waals surface area contributed by atoms with Crippen LogP contribution in [-0.2, 0) is 15.0 Å². The van der Waals surface area contributed by atoms with Crippen molar-refractivity contribution in [3.8, 4) is 6.07 Å². The second-order valence-corrected chi connectivity index (χ2v) is 6.11. The maximum atomic E-state index is 12.9. The minimum absolute atomic E-state index is 0.198. The lowest BCUT2D eigenvalue weighted by Gasteiger charge is -2.17. The number of carbonyl (C=O) groups is 1. The average molecular weight is 303 g/mol. The van der Waals surface area contributed by atoms with Crippen LogP contribution in [0.3, 0.4) is 0 Å². The molecule has 100 valence electrons. The first-order chi connectivity index (χ1) is 8.82. The van der Waals surface area contributed by atoms with Gasteiger partial charge in [-0.05, 0) is 18.2 Å². The quantitative estimate of drug-likeness (QED) is 0.778. The molecule has 0 saturated carbocycles. The number of amides is 1. The van der Waals surface area contributed by atoms with Gasteiger partial charge in [-0.15, -0.1) is 3.89 Å². The van der Waals surface area contributed by atoms with Crippen LogP contribution in [0.4, 0.5) is 9.57 Å². The summed E-state index contributed by atoms with van der Waals surface area (Å²) < 4.78 is 34.6. The molecule has 0 N–H and O–H groups in total. The molecule has 1 fully saturated rings. The lowest BCUT2D eigenvalue weighted by atomic mass is 10.2. The summed E-state index contributed by atoms with van der Waals surface area (Å²) in [5.41, 5.74) is 0.496. The van der Waals surface area contributed by atoms with Gasteiger partial charge in [-0.3, -0.25) is 4.79 Å². The van der Waals surface area contributed by atoms with Gasteiger partial charge >= 0.3 is 10.2 Å². The van der Waals surface area contributed by atoms with Gasteiger partial charge in [0.05, 0.1) is 22.3 Å². The van der Waals surface area contributed by atoms with Crippen LogP contribution in [-0.4, -0.2) is 26.1 Å². The Morgan fingerprint density at radius 2 is 2.16 bits per heavy atom. The molecule has 8 heteroatoms. The van der Waals surface area contributed by atoms with Crippen LogP contribution in [0.5, 0.6) is 0 Å². The summed E-state index contributed by atoms with van der Waals surface area (Å²) in [6, 6.07) is 6.15. The summed E-state index contributed by atoms with van der Waals surface area (Å²) in [6.45, 7) is -0.299. The van der Waals surface area contributed by atoms with Crippen molar-refractivity contribution >= 4 is 33.4 Å². The highest BCUT2D eigenvalue weighted by atomic mass is 35.5. The minimum Gasteiger partial charge on any atom is -0.309 e. The minimum atomic E-state index is -4.78. The first-order valence-corrected chi connectivity index (χ1v) is 7.09. The molecule has 0 aromatic heterocycles. The standard InChI is InChI=1S/C11H8ClFN2O3S/c12-9-2-1-7(5-14)3-10(9)15-6-8(4-11(15)16)19(13,17)18/h1-3,8H,4,6H2. The molecule has 0 aliphatic carbocycles. The lowest BCUT2D eigenvalue weighted by Crippen LogP contribution is -2.27. The van der Waals surface area contributed by atoms with Crippen LogP contribution >= 0.6 is 11.6 Å². The van der Waals surface area contributed by atoms with Crippen molar-refractivity contribution in [2.45, 2.75) is 11.7 Å². The van der Waals surface area contributed by atoms with E-state index in [1.807, 2.05) is 6.07 Å². The van der Waals surface area contributed by atoms with Gasteiger partial charge in [0.2, 0.25) is 5.91 Å². The van der Waals surface area contributed by atoms with Crippen molar-refractivity contribution in [1.82, 2.24) is 0 Å². The van der Waals surface area contributed by atoms with Crippen molar-refractivity contribution in [1.29, 1.82) is 5.26 Å². The smallest absolute Gasteiger partial charge is 0.307 e. The lowest BCUT2D eigenvalue weighted by molar-refractivity contribution is -0.117. The number of rotatable bonds is 2. The van der Waals surface area contributed by atoms with E-state index in [1.54, 1.807) is 0 Å². The molecular weight excluding hydrogens is 295 g/mol. The summed E-state index contributed by atoms with van der Waals surface area (Å²) in [5.74, 6) is -0.539. The van der Waals surface area contributed by atoms with Gasteiger partial charge in [-0.1, -0.05) is 11.6 Å². The highest BCUT2D eigenvalue weighted by molar-refractivity contribution is 7.87. The molecule has 1 saturated heterocycles. The zero-order valence-electron chi connectivity index (χ0n) is 9.51. The summed E-state index contributed by atoms with van der Waals surface area (Å²) in [4.78, 5) is 12.8. The van der Waals surface area contributed by atoms with Crippen LogP contribution in [0.2, 0.25) is 5.02 Å². The molecule has 0 spiro atoms. The Kier molecular flexibility index (Phi) is 3.47. The van der Waals surface area contributed by atoms with Crippen LogP contribution in [0.1, 0.15) is 12.0 Å². The van der Waals surface area contributed by atoms with Crippen LogP contribution in [0.15, 0.2) is 18.2 Å². The molecule has 5 nitrogen and oxygen atoms in total. The summed E-state index contributed by atoms with van der Waals surface area (Å²) in [7, 11) is -4.78. The number of nitriles is 1. The number of benzene rings is 1. The van der Waals surface area contributed by atoms with Crippen LogP contribution in [0, 0.1) is 11.3 Å². The normalized spacial score (nSPS) is 19.5. The van der Waals surface area contributed by atoms with Gasteiger partial charge in [0.15, 0.2) is 0 Å². The Morgan fingerprint density at radius 3 is 2.68 bits per heavy atom. The van der Waals surface area contributed by atoms with Gasteiger partial charge in [0.25, 0.3) is 0 Å². The molecule has 1 aromatic carbocycles. The van der Waals surface area contributed by atoms with Gasteiger partial charge in [-0.2, -0.15) is 13.7 Å². The monoisotopic (exact) mass is 302 g/mol. The molecule has 1 amide bonds. The predicted octanol–water partition coefficient (Wildman–Crippen LogP) is 1.62. The van der Waals surface area contributed by atoms with Crippen molar-refractivity contribution in [2.24, 2.45) is 0 Å². The highest BCUT2D eigenvalue weighted by Crippen LogP contribution is 2.32. The number of hydrogen-bond donors (Lipinski definition) is 0. The molecule has 1 heterocycles. The first kappa shape index (κ1) is 13.8. The summed E-state index contributed by atoms with van der Waals surface area (Å²) in [5, 5.41) is 7.60. The fraction of sp³-hybridized carbons (Fsp3) is 0.273. The largest absolute Gasteiger partial charge is 0.309 e. The summed E-state index contributed by atoms with van der Waals surface area (Å²) in [6.07, 6.45) is -0.425. The molecule has 1 aliphatic heterocycles. The third kappa shape index (κ3) is 2.69. The Balaban J connectivity index is 2.39.